The van der Waals surface area contributed by atoms with Crippen LogP contribution in [0.25, 0.3) is 0 Å². The number of carbonyl (C=O) groups is 1. The van der Waals surface area contributed by atoms with Gasteiger partial charge in [-0.25, -0.2) is 4.79 Å². The van der Waals surface area contributed by atoms with Gasteiger partial charge in [-0.2, -0.15) is 0 Å². The van der Waals surface area contributed by atoms with Crippen molar-refractivity contribution >= 4 is 17.6 Å². The molecule has 2 aromatic carbocycles. The molecule has 0 aliphatic carbocycles. The van der Waals surface area contributed by atoms with Gasteiger partial charge in [0, 0.05) is 6.04 Å². The molecule has 0 saturated carbocycles. The number of aliphatic hydroxyl groups excluding tert-OH is 1. The fraction of sp³-hybridized carbons (Fsp3) is 0.381. The molecule has 0 aliphatic heterocycles. The van der Waals surface area contributed by atoms with E-state index in [1.807, 2.05) is 13.0 Å². The first-order chi connectivity index (χ1) is 13.3. The molecule has 0 fully saturated rings. The maximum absolute atomic E-state index is 11.1. The van der Waals surface area contributed by atoms with Crippen molar-refractivity contribution in [1.82, 2.24) is 5.32 Å². The first kappa shape index (κ1) is 22.0. The summed E-state index contributed by atoms with van der Waals surface area (Å²) < 4.78 is 5.44. The Morgan fingerprint density at radius 2 is 1.89 bits per heavy atom. The Balaban J connectivity index is 1.87. The number of nitrogens with one attached hydrogen (secondary N) is 1. The van der Waals surface area contributed by atoms with Crippen molar-refractivity contribution in [3.63, 3.8) is 0 Å². The van der Waals surface area contributed by atoms with E-state index in [0.29, 0.717) is 30.2 Å². The number of phenols is 1. The number of halogens is 1. The molecule has 4 N–H and O–H groups in total. The molecule has 2 aromatic rings. The third kappa shape index (κ3) is 6.12. The SMILES string of the molecule is CCC(Oc1ccc(CCN[C@@H](C)[C@@H](O)c2ccc(O)cc2)cc1Cl)C(=O)O. The predicted molar refractivity (Wildman–Crippen MR) is 108 cm³/mol. The van der Waals surface area contributed by atoms with Crippen molar-refractivity contribution in [1.29, 1.82) is 0 Å². The quantitative estimate of drug-likeness (QED) is 0.480. The van der Waals surface area contributed by atoms with Gasteiger partial charge in [0.25, 0.3) is 0 Å². The first-order valence-electron chi connectivity index (χ1n) is 9.20. The first-order valence-corrected chi connectivity index (χ1v) is 9.57. The van der Waals surface area contributed by atoms with Crippen LogP contribution in [0.2, 0.25) is 5.02 Å². The number of carboxylic acids is 1. The van der Waals surface area contributed by atoms with Crippen LogP contribution in [0.15, 0.2) is 42.5 Å². The highest BCUT2D eigenvalue weighted by Gasteiger charge is 2.18. The van der Waals surface area contributed by atoms with E-state index in [2.05, 4.69) is 5.32 Å². The fourth-order valence-electron chi connectivity index (χ4n) is 2.77. The van der Waals surface area contributed by atoms with Crippen molar-refractivity contribution in [2.24, 2.45) is 0 Å². The molecule has 152 valence electrons. The monoisotopic (exact) mass is 407 g/mol. The minimum absolute atomic E-state index is 0.162. The molecule has 6 nitrogen and oxygen atoms in total. The minimum Gasteiger partial charge on any atom is -0.508 e. The molecule has 3 atom stereocenters. The Labute approximate surface area is 169 Å². The van der Waals surface area contributed by atoms with Crippen molar-refractivity contribution in [2.45, 2.75) is 44.9 Å². The van der Waals surface area contributed by atoms with Gasteiger partial charge in [0.05, 0.1) is 11.1 Å². The number of phenolic OH excluding ortho intramolecular Hbond substituents is 1. The summed E-state index contributed by atoms with van der Waals surface area (Å²) in [4.78, 5) is 11.1. The molecule has 0 heterocycles. The van der Waals surface area contributed by atoms with E-state index in [1.54, 1.807) is 43.3 Å². The van der Waals surface area contributed by atoms with Crippen LogP contribution in [0.1, 0.15) is 37.5 Å². The molecule has 2 rings (SSSR count). The number of rotatable bonds is 10. The van der Waals surface area contributed by atoms with E-state index in [4.69, 9.17) is 21.4 Å². The topological polar surface area (TPSA) is 99.0 Å². The lowest BCUT2D eigenvalue weighted by atomic mass is 10.0. The van der Waals surface area contributed by atoms with Gasteiger partial charge in [-0.15, -0.1) is 0 Å². The van der Waals surface area contributed by atoms with Gasteiger partial charge in [0.1, 0.15) is 11.5 Å². The molecule has 0 amide bonds. The summed E-state index contributed by atoms with van der Waals surface area (Å²) in [5, 5.41) is 32.4. The van der Waals surface area contributed by atoms with Gasteiger partial charge in [0.2, 0.25) is 0 Å². The number of hydrogen-bond donors (Lipinski definition) is 4. The van der Waals surface area contributed by atoms with E-state index in [1.165, 1.54) is 0 Å². The second kappa shape index (κ2) is 10.3. The Morgan fingerprint density at radius 3 is 2.46 bits per heavy atom. The molecule has 0 spiro atoms. The maximum atomic E-state index is 11.1. The lowest BCUT2D eigenvalue weighted by Gasteiger charge is -2.21. The third-order valence-electron chi connectivity index (χ3n) is 4.50. The van der Waals surface area contributed by atoms with E-state index in [0.717, 1.165) is 11.1 Å². The van der Waals surface area contributed by atoms with Crippen LogP contribution < -0.4 is 10.1 Å². The predicted octanol–water partition coefficient (Wildman–Crippen LogP) is 3.54. The van der Waals surface area contributed by atoms with E-state index in [-0.39, 0.29) is 11.8 Å². The third-order valence-corrected chi connectivity index (χ3v) is 4.80. The smallest absolute Gasteiger partial charge is 0.344 e. The highest BCUT2D eigenvalue weighted by Crippen LogP contribution is 2.27. The second-order valence-corrected chi connectivity index (χ2v) is 7.05. The standard InChI is InChI=1S/C21H26ClNO5/c1-3-18(21(26)27)28-19-9-4-14(12-17(19)22)10-11-23-13(2)20(25)15-5-7-16(24)8-6-15/h4-9,12-13,18,20,23-25H,3,10-11H2,1-2H3,(H,26,27)/t13-,18?,20+/m0/s1. The van der Waals surface area contributed by atoms with Gasteiger partial charge in [-0.3, -0.25) is 0 Å². The molecule has 28 heavy (non-hydrogen) atoms. The number of hydrogen-bond acceptors (Lipinski definition) is 5. The molecular weight excluding hydrogens is 382 g/mol. The zero-order chi connectivity index (χ0) is 20.7. The maximum Gasteiger partial charge on any atom is 0.344 e. The van der Waals surface area contributed by atoms with Crippen LogP contribution in [-0.4, -0.2) is 40.0 Å². The summed E-state index contributed by atoms with van der Waals surface area (Å²) in [6.45, 7) is 4.25. The number of carboxylic acid groups (broad SMARTS) is 1. The van der Waals surface area contributed by atoms with Crippen LogP contribution in [0.4, 0.5) is 0 Å². The van der Waals surface area contributed by atoms with Gasteiger partial charge in [0.15, 0.2) is 6.10 Å². The Kier molecular flexibility index (Phi) is 8.11. The molecule has 0 aliphatic rings. The number of benzene rings is 2. The fourth-order valence-corrected chi connectivity index (χ4v) is 3.02. The summed E-state index contributed by atoms with van der Waals surface area (Å²) in [5.41, 5.74) is 1.70. The summed E-state index contributed by atoms with van der Waals surface area (Å²) in [6.07, 6.45) is -0.587. The number of aliphatic hydroxyl groups is 1. The van der Waals surface area contributed by atoms with Crippen molar-refractivity contribution < 1.29 is 24.9 Å². The molecule has 1 unspecified atom stereocenters. The molecule has 0 bridgehead atoms. The second-order valence-electron chi connectivity index (χ2n) is 6.65. The van der Waals surface area contributed by atoms with Crippen molar-refractivity contribution in [2.75, 3.05) is 6.54 Å². The van der Waals surface area contributed by atoms with Crippen LogP contribution in [-0.2, 0) is 11.2 Å². The Hall–Kier alpha value is -2.28. The lowest BCUT2D eigenvalue weighted by molar-refractivity contribution is -0.145. The highest BCUT2D eigenvalue weighted by atomic mass is 35.5. The van der Waals surface area contributed by atoms with E-state index < -0.39 is 18.2 Å². The lowest BCUT2D eigenvalue weighted by Crippen LogP contribution is -2.33. The zero-order valence-electron chi connectivity index (χ0n) is 15.9. The van der Waals surface area contributed by atoms with Crippen molar-refractivity contribution in [3.05, 3.63) is 58.6 Å². The van der Waals surface area contributed by atoms with Gasteiger partial charge >= 0.3 is 5.97 Å². The van der Waals surface area contributed by atoms with E-state index in [9.17, 15) is 15.0 Å². The summed E-state index contributed by atoms with van der Waals surface area (Å²) >= 11 is 6.22. The number of aromatic hydroxyl groups is 1. The van der Waals surface area contributed by atoms with Crippen molar-refractivity contribution in [3.8, 4) is 11.5 Å². The molecule has 0 aromatic heterocycles. The highest BCUT2D eigenvalue weighted by molar-refractivity contribution is 6.32. The Bertz CT molecular complexity index is 781. The number of ether oxygens (including phenoxy) is 1. The number of aliphatic carboxylic acids is 1. The van der Waals surface area contributed by atoms with Crippen LogP contribution in [0, 0.1) is 0 Å². The van der Waals surface area contributed by atoms with Gasteiger partial charge < -0.3 is 25.4 Å². The molecule has 0 radical (unpaired) electrons. The summed E-state index contributed by atoms with van der Waals surface area (Å²) in [5.74, 6) is -0.508. The van der Waals surface area contributed by atoms with Crippen LogP contribution in [0.3, 0.4) is 0 Å². The largest absolute Gasteiger partial charge is 0.508 e. The molecule has 7 heteroatoms. The van der Waals surface area contributed by atoms with Gasteiger partial charge in [-0.05, 0) is 61.7 Å². The Morgan fingerprint density at radius 1 is 1.21 bits per heavy atom. The van der Waals surface area contributed by atoms with Crippen LogP contribution in [0.5, 0.6) is 11.5 Å². The molecular formula is C21H26ClNO5. The summed E-state index contributed by atoms with van der Waals surface area (Å²) in [7, 11) is 0. The average Bonchev–Trinajstić information content (AvgIpc) is 2.67. The zero-order valence-corrected chi connectivity index (χ0v) is 16.7. The summed E-state index contributed by atoms with van der Waals surface area (Å²) in [6, 6.07) is 11.6. The minimum atomic E-state index is -1.02. The average molecular weight is 408 g/mol. The molecule has 0 saturated heterocycles. The van der Waals surface area contributed by atoms with E-state index >= 15 is 0 Å². The normalized spacial score (nSPS) is 14.3. The van der Waals surface area contributed by atoms with Crippen LogP contribution >= 0.6 is 11.6 Å². The van der Waals surface area contributed by atoms with Gasteiger partial charge in [-0.1, -0.05) is 36.7 Å².